The van der Waals surface area contributed by atoms with Crippen molar-refractivity contribution in [3.05, 3.63) is 12.2 Å². The van der Waals surface area contributed by atoms with Gasteiger partial charge in [0.15, 0.2) is 0 Å². The highest BCUT2D eigenvalue weighted by atomic mass is 16.5. The van der Waals surface area contributed by atoms with Gasteiger partial charge < -0.3 is 9.84 Å². The monoisotopic (exact) mass is 332 g/mol. The van der Waals surface area contributed by atoms with Gasteiger partial charge in [-0.1, -0.05) is 18.6 Å². The zero-order valence-corrected chi connectivity index (χ0v) is 14.8. The predicted octanol–water partition coefficient (Wildman–Crippen LogP) is 4.81. The van der Waals surface area contributed by atoms with Gasteiger partial charge in [0.2, 0.25) is 0 Å². The van der Waals surface area contributed by atoms with Crippen LogP contribution in [0.25, 0.3) is 0 Å². The highest BCUT2D eigenvalue weighted by Gasteiger charge is 2.47. The molecule has 0 aromatic rings. The Bertz CT molecular complexity index is 448. The van der Waals surface area contributed by atoms with Crippen LogP contribution in [-0.2, 0) is 9.53 Å². The van der Waals surface area contributed by atoms with Crippen LogP contribution >= 0.6 is 0 Å². The Labute approximate surface area is 146 Å². The summed E-state index contributed by atoms with van der Waals surface area (Å²) in [5.41, 5.74) is 0. The Hall–Kier alpha value is -1.27. The molecular weight excluding hydrogens is 300 g/mol. The second-order valence-corrected chi connectivity index (χ2v) is 7.34. The van der Waals surface area contributed by atoms with Gasteiger partial charge in [0.1, 0.15) is 0 Å². The molecule has 134 valence electrons. The van der Waals surface area contributed by atoms with E-state index in [1.807, 2.05) is 0 Å². The van der Waals surface area contributed by atoms with Crippen molar-refractivity contribution < 1.29 is 14.6 Å². The number of fused-ring (bicyclic) bond motifs is 2. The van der Waals surface area contributed by atoms with Crippen LogP contribution in [0, 0.1) is 30.1 Å². The van der Waals surface area contributed by atoms with Crippen LogP contribution in [0.4, 0.5) is 0 Å². The first-order valence-electron chi connectivity index (χ1n) is 9.64. The molecule has 3 nitrogen and oxygen atoms in total. The number of carbonyl (C=O) groups is 1. The SMILES string of the molecule is C#CCCCCCO[C@@H]1[C@@H]2CC[C@@H](C2)[C@@H]1CC=CCCCC(=O)O. The quantitative estimate of drug-likeness (QED) is 0.317. The van der Waals surface area contributed by atoms with E-state index in [9.17, 15) is 4.79 Å². The molecule has 0 saturated heterocycles. The molecule has 4 atom stereocenters. The first-order chi connectivity index (χ1) is 11.7. The molecule has 0 aliphatic heterocycles. The summed E-state index contributed by atoms with van der Waals surface area (Å²) in [4.78, 5) is 10.5. The lowest BCUT2D eigenvalue weighted by molar-refractivity contribution is -0.137. The first kappa shape index (κ1) is 19.1. The molecule has 2 saturated carbocycles. The van der Waals surface area contributed by atoms with E-state index in [0.29, 0.717) is 12.0 Å². The van der Waals surface area contributed by atoms with Gasteiger partial charge in [-0.15, -0.1) is 12.3 Å². The average Bonchev–Trinajstić information content (AvgIpc) is 3.15. The summed E-state index contributed by atoms with van der Waals surface area (Å²) >= 11 is 0. The number of unbranched alkanes of at least 4 members (excludes halogenated alkanes) is 4. The molecule has 2 aliphatic carbocycles. The van der Waals surface area contributed by atoms with Crippen LogP contribution in [-0.4, -0.2) is 23.8 Å². The van der Waals surface area contributed by atoms with Crippen LogP contribution < -0.4 is 0 Å². The number of ether oxygens (including phenoxy) is 1. The molecule has 24 heavy (non-hydrogen) atoms. The molecule has 2 aliphatic rings. The molecule has 3 heteroatoms. The van der Waals surface area contributed by atoms with E-state index < -0.39 is 5.97 Å². The summed E-state index contributed by atoms with van der Waals surface area (Å²) in [6.45, 7) is 0.872. The van der Waals surface area contributed by atoms with Crippen molar-refractivity contribution in [3.63, 3.8) is 0 Å². The molecule has 0 heterocycles. The Morgan fingerprint density at radius 3 is 2.79 bits per heavy atom. The summed E-state index contributed by atoms with van der Waals surface area (Å²) in [5, 5.41) is 8.65. The third-order valence-corrected chi connectivity index (χ3v) is 5.62. The topological polar surface area (TPSA) is 46.5 Å². The van der Waals surface area contributed by atoms with Gasteiger partial charge in [-0.2, -0.15) is 0 Å². The van der Waals surface area contributed by atoms with E-state index in [0.717, 1.165) is 57.0 Å². The smallest absolute Gasteiger partial charge is 0.303 e. The minimum Gasteiger partial charge on any atom is -0.481 e. The first-order valence-corrected chi connectivity index (χ1v) is 9.64. The van der Waals surface area contributed by atoms with Gasteiger partial charge in [0, 0.05) is 19.4 Å². The standard InChI is InChI=1S/C21H32O3/c1-2-3-4-7-10-15-24-21-18-14-13-17(16-18)19(21)11-8-5-6-9-12-20(22)23/h1,5,8,17-19,21H,3-4,6-7,9-16H2,(H,22,23)/t17-,18+,19-,21+/m0/s1. The van der Waals surface area contributed by atoms with E-state index in [1.54, 1.807) is 0 Å². The molecule has 2 bridgehead atoms. The molecule has 0 spiro atoms. The van der Waals surface area contributed by atoms with E-state index in [4.69, 9.17) is 16.3 Å². The fourth-order valence-corrected chi connectivity index (χ4v) is 4.41. The van der Waals surface area contributed by atoms with Crippen LogP contribution in [0.15, 0.2) is 12.2 Å². The molecule has 0 radical (unpaired) electrons. The number of allylic oxidation sites excluding steroid dienone is 2. The van der Waals surface area contributed by atoms with E-state index in [1.165, 1.54) is 25.7 Å². The Morgan fingerprint density at radius 2 is 2.00 bits per heavy atom. The maximum absolute atomic E-state index is 10.5. The molecule has 2 rings (SSSR count). The molecule has 0 aromatic carbocycles. The highest BCUT2D eigenvalue weighted by molar-refractivity contribution is 5.66. The van der Waals surface area contributed by atoms with Crippen molar-refractivity contribution in [1.82, 2.24) is 0 Å². The van der Waals surface area contributed by atoms with Gasteiger partial charge in [-0.25, -0.2) is 0 Å². The van der Waals surface area contributed by atoms with E-state index in [-0.39, 0.29) is 6.42 Å². The lowest BCUT2D eigenvalue weighted by Gasteiger charge is -2.30. The Morgan fingerprint density at radius 1 is 1.17 bits per heavy atom. The maximum Gasteiger partial charge on any atom is 0.303 e. The average molecular weight is 332 g/mol. The van der Waals surface area contributed by atoms with Crippen LogP contribution in [0.3, 0.4) is 0 Å². The lowest BCUT2D eigenvalue weighted by Crippen LogP contribution is -2.30. The third kappa shape index (κ3) is 5.98. The zero-order valence-electron chi connectivity index (χ0n) is 14.8. The largest absolute Gasteiger partial charge is 0.481 e. The van der Waals surface area contributed by atoms with Gasteiger partial charge in [-0.3, -0.25) is 4.79 Å². The fourth-order valence-electron chi connectivity index (χ4n) is 4.41. The summed E-state index contributed by atoms with van der Waals surface area (Å²) in [6.07, 6.45) is 21.4. The highest BCUT2D eigenvalue weighted by Crippen LogP contribution is 2.51. The summed E-state index contributed by atoms with van der Waals surface area (Å²) in [5.74, 6) is 4.27. The number of carboxylic acid groups (broad SMARTS) is 1. The number of hydrogen-bond donors (Lipinski definition) is 1. The van der Waals surface area contributed by atoms with Crippen molar-refractivity contribution in [2.75, 3.05) is 6.61 Å². The van der Waals surface area contributed by atoms with Gasteiger partial charge in [0.25, 0.3) is 0 Å². The molecule has 1 N–H and O–H groups in total. The minimum atomic E-state index is -0.702. The van der Waals surface area contributed by atoms with Gasteiger partial charge >= 0.3 is 5.97 Å². The number of hydrogen-bond acceptors (Lipinski definition) is 2. The van der Waals surface area contributed by atoms with Crippen LogP contribution in [0.2, 0.25) is 0 Å². The van der Waals surface area contributed by atoms with Crippen molar-refractivity contribution in [1.29, 1.82) is 0 Å². The normalized spacial score (nSPS) is 28.5. The Kier molecular flexibility index (Phi) is 8.39. The van der Waals surface area contributed by atoms with Gasteiger partial charge in [0.05, 0.1) is 6.10 Å². The number of aliphatic carboxylic acids is 1. The predicted molar refractivity (Wildman–Crippen MR) is 96.6 cm³/mol. The molecule has 2 fully saturated rings. The van der Waals surface area contributed by atoms with Crippen LogP contribution in [0.1, 0.15) is 70.6 Å². The van der Waals surface area contributed by atoms with Crippen LogP contribution in [0.5, 0.6) is 0 Å². The molecule has 0 amide bonds. The van der Waals surface area contributed by atoms with Crippen molar-refractivity contribution in [3.8, 4) is 12.3 Å². The number of terminal acetylenes is 1. The maximum atomic E-state index is 10.5. The molecular formula is C21H32O3. The van der Waals surface area contributed by atoms with Crippen molar-refractivity contribution in [2.24, 2.45) is 17.8 Å². The summed E-state index contributed by atoms with van der Waals surface area (Å²) in [7, 11) is 0. The number of rotatable bonds is 12. The second-order valence-electron chi connectivity index (χ2n) is 7.34. The number of carboxylic acids is 1. The van der Waals surface area contributed by atoms with Crippen molar-refractivity contribution >= 4 is 5.97 Å². The van der Waals surface area contributed by atoms with E-state index >= 15 is 0 Å². The van der Waals surface area contributed by atoms with E-state index in [2.05, 4.69) is 18.1 Å². The van der Waals surface area contributed by atoms with Crippen molar-refractivity contribution in [2.45, 2.75) is 76.7 Å². The lowest BCUT2D eigenvalue weighted by atomic mass is 9.84. The molecule has 0 unspecified atom stereocenters. The summed E-state index contributed by atoms with van der Waals surface area (Å²) in [6, 6.07) is 0. The summed E-state index contributed by atoms with van der Waals surface area (Å²) < 4.78 is 6.28. The third-order valence-electron chi connectivity index (χ3n) is 5.62. The fraction of sp³-hybridized carbons (Fsp3) is 0.762. The second kappa shape index (κ2) is 10.6. The Balaban J connectivity index is 1.66. The molecule has 0 aromatic heterocycles. The van der Waals surface area contributed by atoms with Gasteiger partial charge in [-0.05, 0) is 69.1 Å². The minimum absolute atomic E-state index is 0.268. The zero-order chi connectivity index (χ0) is 17.2.